The van der Waals surface area contributed by atoms with Gasteiger partial charge in [0.2, 0.25) is 5.28 Å². The zero-order chi connectivity index (χ0) is 24.7. The highest BCUT2D eigenvalue weighted by atomic mass is 35.5. The number of aryl methyl sites for hydroxylation is 1. The number of carbonyl (C=O) groups excluding carboxylic acids is 1. The van der Waals surface area contributed by atoms with Crippen LogP contribution in [-0.4, -0.2) is 51.6 Å². The Morgan fingerprint density at radius 3 is 2.66 bits per heavy atom. The maximum absolute atomic E-state index is 13.4. The lowest BCUT2D eigenvalue weighted by Gasteiger charge is -2.23. The van der Waals surface area contributed by atoms with E-state index in [0.29, 0.717) is 23.3 Å². The maximum atomic E-state index is 13.4. The monoisotopic (exact) mass is 515 g/mol. The summed E-state index contributed by atoms with van der Waals surface area (Å²) in [5.74, 6) is -0.815. The van der Waals surface area contributed by atoms with Crippen LogP contribution in [0.2, 0.25) is 5.28 Å². The summed E-state index contributed by atoms with van der Waals surface area (Å²) in [6, 6.07) is 7.73. The number of carbonyl (C=O) groups is 1. The van der Waals surface area contributed by atoms with Crippen molar-refractivity contribution in [3.8, 4) is 11.3 Å². The number of hydrogen-bond donors (Lipinski definition) is 0. The lowest BCUT2D eigenvalue weighted by atomic mass is 10.2. The minimum absolute atomic E-state index is 0.0278. The molecule has 1 saturated heterocycles. The molecule has 1 aromatic carbocycles. The number of nitrogens with zero attached hydrogens (tertiary/aromatic N) is 5. The van der Waals surface area contributed by atoms with Crippen LogP contribution in [0.15, 0.2) is 47.8 Å². The van der Waals surface area contributed by atoms with E-state index in [0.717, 1.165) is 28.8 Å². The summed E-state index contributed by atoms with van der Waals surface area (Å²) in [5.41, 5.74) is 2.20. The molecule has 4 aromatic rings. The maximum Gasteiger partial charge on any atom is 0.355 e. The first-order valence-electron chi connectivity index (χ1n) is 10.9. The van der Waals surface area contributed by atoms with Crippen molar-refractivity contribution in [2.24, 2.45) is 0 Å². The topological polar surface area (TPSA) is 118 Å². The molecule has 1 aliphatic rings. The Labute approximate surface area is 206 Å². The third-order valence-electron chi connectivity index (χ3n) is 5.89. The van der Waals surface area contributed by atoms with Crippen LogP contribution in [0, 0.1) is 6.92 Å². The Kier molecular flexibility index (Phi) is 6.07. The van der Waals surface area contributed by atoms with Gasteiger partial charge in [-0.1, -0.05) is 17.7 Å². The number of aromatic nitrogens is 5. The van der Waals surface area contributed by atoms with Crippen LogP contribution < -0.4 is 0 Å². The quantitative estimate of drug-likeness (QED) is 0.289. The smallest absolute Gasteiger partial charge is 0.355 e. The number of fused-ring (bicyclic) bond motifs is 1. The van der Waals surface area contributed by atoms with Crippen molar-refractivity contribution in [1.29, 1.82) is 0 Å². The molecule has 5 rings (SSSR count). The molecule has 1 atom stereocenters. The second-order valence-corrected chi connectivity index (χ2v) is 10.4. The molecule has 12 heteroatoms. The Balaban J connectivity index is 1.67. The zero-order valence-corrected chi connectivity index (χ0v) is 20.6. The molecule has 0 N–H and O–H groups in total. The van der Waals surface area contributed by atoms with Crippen LogP contribution in [-0.2, 0) is 19.5 Å². The lowest BCUT2D eigenvalue weighted by molar-refractivity contribution is -0.0298. The van der Waals surface area contributed by atoms with Gasteiger partial charge in [0.1, 0.15) is 23.1 Å². The number of methoxy groups -OCH3 is 1. The van der Waals surface area contributed by atoms with Crippen LogP contribution in [0.25, 0.3) is 22.4 Å². The molecule has 0 amide bonds. The third kappa shape index (κ3) is 4.19. The molecule has 10 nitrogen and oxygen atoms in total. The summed E-state index contributed by atoms with van der Waals surface area (Å²) in [5, 5.41) is -0.0428. The van der Waals surface area contributed by atoms with Gasteiger partial charge in [-0.2, -0.15) is 4.98 Å². The molecule has 182 valence electrons. The first kappa shape index (κ1) is 23.5. The highest BCUT2D eigenvalue weighted by Crippen LogP contribution is 2.33. The molecule has 1 fully saturated rings. The fraction of sp³-hybridized carbons (Fsp3) is 0.304. The summed E-state index contributed by atoms with van der Waals surface area (Å²) in [4.78, 5) is 25.7. The van der Waals surface area contributed by atoms with Gasteiger partial charge in [-0.05, 0) is 56.0 Å². The molecule has 4 heterocycles. The van der Waals surface area contributed by atoms with E-state index < -0.39 is 16.0 Å². The molecule has 1 aliphatic heterocycles. The van der Waals surface area contributed by atoms with Gasteiger partial charge < -0.3 is 9.47 Å². The number of ether oxygens (including phenoxy) is 2. The minimum Gasteiger partial charge on any atom is -0.464 e. The normalized spacial score (nSPS) is 16.5. The number of benzene rings is 1. The average Bonchev–Trinajstić information content (AvgIpc) is 3.49. The van der Waals surface area contributed by atoms with E-state index in [-0.39, 0.29) is 27.8 Å². The van der Waals surface area contributed by atoms with Crippen molar-refractivity contribution < 1.29 is 22.7 Å². The molecule has 35 heavy (non-hydrogen) atoms. The molecule has 0 bridgehead atoms. The second-order valence-electron chi connectivity index (χ2n) is 8.21. The van der Waals surface area contributed by atoms with Crippen LogP contribution in [0.1, 0.15) is 41.5 Å². The van der Waals surface area contributed by atoms with Crippen molar-refractivity contribution in [3.05, 3.63) is 59.4 Å². The summed E-state index contributed by atoms with van der Waals surface area (Å²) in [6.07, 6.45) is 5.50. The lowest BCUT2D eigenvalue weighted by Crippen LogP contribution is -2.18. The van der Waals surface area contributed by atoms with Gasteiger partial charge >= 0.3 is 5.97 Å². The first-order valence-corrected chi connectivity index (χ1v) is 12.8. The third-order valence-corrected chi connectivity index (χ3v) is 7.75. The number of hydrogen-bond acceptors (Lipinski definition) is 8. The van der Waals surface area contributed by atoms with Gasteiger partial charge in [-0.25, -0.2) is 27.2 Å². The van der Waals surface area contributed by atoms with Gasteiger partial charge in [0.05, 0.1) is 18.3 Å². The van der Waals surface area contributed by atoms with Gasteiger partial charge in [-0.3, -0.25) is 4.57 Å². The molecule has 0 aliphatic carbocycles. The highest BCUT2D eigenvalue weighted by molar-refractivity contribution is 7.90. The fourth-order valence-corrected chi connectivity index (χ4v) is 5.61. The Morgan fingerprint density at radius 1 is 1.20 bits per heavy atom. The van der Waals surface area contributed by atoms with Crippen LogP contribution in [0.4, 0.5) is 0 Å². The zero-order valence-electron chi connectivity index (χ0n) is 19.0. The van der Waals surface area contributed by atoms with Crippen LogP contribution in [0.3, 0.4) is 0 Å². The van der Waals surface area contributed by atoms with Crippen molar-refractivity contribution >= 4 is 38.8 Å². The van der Waals surface area contributed by atoms with Gasteiger partial charge in [0.25, 0.3) is 10.0 Å². The summed E-state index contributed by atoms with van der Waals surface area (Å²) < 4.78 is 40.3. The number of halogens is 1. The largest absolute Gasteiger partial charge is 0.464 e. The van der Waals surface area contributed by atoms with E-state index in [2.05, 4.69) is 15.0 Å². The molecule has 1 unspecified atom stereocenters. The van der Waals surface area contributed by atoms with Crippen molar-refractivity contribution in [2.45, 2.75) is 37.3 Å². The number of rotatable bonds is 5. The molecule has 0 spiro atoms. The number of imidazole rings is 1. The predicted molar refractivity (Wildman–Crippen MR) is 128 cm³/mol. The van der Waals surface area contributed by atoms with Crippen LogP contribution in [0.5, 0.6) is 0 Å². The van der Waals surface area contributed by atoms with Gasteiger partial charge in [0, 0.05) is 18.4 Å². The average molecular weight is 516 g/mol. The van der Waals surface area contributed by atoms with E-state index >= 15 is 0 Å². The summed E-state index contributed by atoms with van der Waals surface area (Å²) in [6.45, 7) is 2.49. The highest BCUT2D eigenvalue weighted by Gasteiger charge is 2.28. The van der Waals surface area contributed by atoms with Crippen molar-refractivity contribution in [2.75, 3.05) is 13.7 Å². The molecular weight excluding hydrogens is 494 g/mol. The van der Waals surface area contributed by atoms with Crippen molar-refractivity contribution in [3.63, 3.8) is 0 Å². The van der Waals surface area contributed by atoms with Gasteiger partial charge in [0.15, 0.2) is 5.65 Å². The molecular formula is C23H22ClN5O5S. The van der Waals surface area contributed by atoms with E-state index in [1.165, 1.54) is 31.5 Å². The summed E-state index contributed by atoms with van der Waals surface area (Å²) >= 11 is 6.26. The standard InChI is InChI=1S/C23H22ClN5O5S/c1-14-6-8-16(9-7-14)35(31,32)29-12-15(11-17(29)22(30)33-2)19-20-21(27-23(24)26-19)28(13-25-20)18-5-3-4-10-34-18/h6-9,11-13,18H,3-5,10H2,1-2H3. The van der Waals surface area contributed by atoms with E-state index in [4.69, 9.17) is 21.1 Å². The Hall–Kier alpha value is -3.28. The van der Waals surface area contributed by atoms with Crippen LogP contribution >= 0.6 is 11.6 Å². The van der Waals surface area contributed by atoms with Crippen molar-refractivity contribution in [1.82, 2.24) is 23.5 Å². The van der Waals surface area contributed by atoms with E-state index in [1.54, 1.807) is 23.0 Å². The fourth-order valence-electron chi connectivity index (χ4n) is 4.09. The Bertz CT molecular complexity index is 1520. The summed E-state index contributed by atoms with van der Waals surface area (Å²) in [7, 11) is -2.93. The SMILES string of the molecule is COC(=O)c1cc(-c2nc(Cl)nc3c2ncn3C2CCCCO2)cn1S(=O)(=O)c1ccc(C)cc1. The van der Waals surface area contributed by atoms with Gasteiger partial charge in [-0.15, -0.1) is 0 Å². The molecule has 0 radical (unpaired) electrons. The Morgan fingerprint density at radius 2 is 1.97 bits per heavy atom. The predicted octanol–water partition coefficient (Wildman–Crippen LogP) is 3.98. The molecule has 0 saturated carbocycles. The second kappa shape index (κ2) is 9.06. The number of esters is 1. The first-order chi connectivity index (χ1) is 16.8. The van der Waals surface area contributed by atoms with E-state index in [1.807, 2.05) is 6.92 Å². The molecule has 3 aromatic heterocycles. The van der Waals surface area contributed by atoms with E-state index in [9.17, 15) is 13.2 Å². The minimum atomic E-state index is -4.11.